The number of rotatable bonds is 9. The number of hydrogen-bond acceptors (Lipinski definition) is 11. The van der Waals surface area contributed by atoms with Gasteiger partial charge < -0.3 is 39.9 Å². The van der Waals surface area contributed by atoms with Crippen LogP contribution in [0.3, 0.4) is 0 Å². The minimum absolute atomic E-state index is 0.0579. The molecule has 0 radical (unpaired) electrons. The van der Waals surface area contributed by atoms with E-state index in [1.54, 1.807) is 0 Å². The number of nitrogens with one attached hydrogen (secondary N) is 1. The average molecular weight is 461 g/mol. The number of carboxylic acids is 2. The lowest BCUT2D eigenvalue weighted by Gasteiger charge is -2.17. The molecule has 0 spiro atoms. The van der Waals surface area contributed by atoms with E-state index in [2.05, 4.69) is 20.3 Å². The highest BCUT2D eigenvalue weighted by Gasteiger charge is 2.45. The van der Waals surface area contributed by atoms with E-state index in [4.69, 9.17) is 14.4 Å². The van der Waals surface area contributed by atoms with Crippen molar-refractivity contribution >= 4 is 36.5 Å². The van der Waals surface area contributed by atoms with Crippen molar-refractivity contribution in [3.05, 3.63) is 12.7 Å². The van der Waals surface area contributed by atoms with Crippen LogP contribution in [0, 0.1) is 0 Å². The summed E-state index contributed by atoms with van der Waals surface area (Å²) >= 11 is 0. The Morgan fingerprint density at radius 3 is 2.61 bits per heavy atom. The van der Waals surface area contributed by atoms with Crippen LogP contribution in [-0.2, 0) is 23.4 Å². The van der Waals surface area contributed by atoms with Crippen molar-refractivity contribution in [1.82, 2.24) is 19.5 Å². The second-order valence-electron chi connectivity index (χ2n) is 6.82. The van der Waals surface area contributed by atoms with Crippen LogP contribution in [0.1, 0.15) is 12.6 Å². The van der Waals surface area contributed by atoms with Gasteiger partial charge in [0, 0.05) is 6.66 Å². The monoisotopic (exact) mass is 461 g/mol. The van der Waals surface area contributed by atoms with Crippen molar-refractivity contribution in [1.29, 1.82) is 0 Å². The molecule has 1 fully saturated rings. The van der Waals surface area contributed by atoms with E-state index in [0.29, 0.717) is 0 Å². The summed E-state index contributed by atoms with van der Waals surface area (Å²) in [6, 6.07) is -1.49. The molecule has 0 bridgehead atoms. The van der Waals surface area contributed by atoms with E-state index >= 15 is 0 Å². The number of anilines is 1. The molecule has 15 nitrogen and oxygen atoms in total. The van der Waals surface area contributed by atoms with Gasteiger partial charge in [0.15, 0.2) is 23.2 Å². The van der Waals surface area contributed by atoms with E-state index in [-0.39, 0.29) is 17.0 Å². The molecule has 0 aliphatic carbocycles. The molecule has 31 heavy (non-hydrogen) atoms. The highest BCUT2D eigenvalue weighted by Crippen LogP contribution is 2.39. The first kappa shape index (κ1) is 23.0. The number of carbonyl (C=O) groups is 2. The Hall–Kier alpha value is -2.68. The molecule has 0 amide bonds. The summed E-state index contributed by atoms with van der Waals surface area (Å²) in [5.74, 6) is -2.80. The number of imidazole rings is 1. The third-order valence-electron chi connectivity index (χ3n) is 4.44. The Morgan fingerprint density at radius 2 is 2.00 bits per heavy atom. The molecule has 170 valence electrons. The second-order valence-corrected chi connectivity index (χ2v) is 8.69. The molecule has 0 saturated carbocycles. The molecule has 6 atom stereocenters. The van der Waals surface area contributed by atoms with Gasteiger partial charge >= 0.3 is 19.5 Å². The number of nitrogens with zero attached hydrogens (tertiary/aromatic N) is 4. The van der Waals surface area contributed by atoms with Gasteiger partial charge in [-0.25, -0.2) is 19.7 Å². The predicted molar refractivity (Wildman–Crippen MR) is 100 cm³/mol. The molecule has 2 aromatic rings. The van der Waals surface area contributed by atoms with Gasteiger partial charge in [-0.3, -0.25) is 13.9 Å². The number of aliphatic carboxylic acids is 2. The molecule has 1 aliphatic rings. The van der Waals surface area contributed by atoms with Gasteiger partial charge in [-0.2, -0.15) is 0 Å². The molecule has 1 aliphatic heterocycles. The quantitative estimate of drug-likeness (QED) is 0.237. The maximum absolute atomic E-state index is 11.3. The molecule has 1 saturated heterocycles. The van der Waals surface area contributed by atoms with Gasteiger partial charge in [-0.15, -0.1) is 0 Å². The van der Waals surface area contributed by atoms with Crippen molar-refractivity contribution in [2.75, 3.05) is 18.6 Å². The van der Waals surface area contributed by atoms with E-state index in [9.17, 15) is 34.4 Å². The van der Waals surface area contributed by atoms with Crippen molar-refractivity contribution < 1.29 is 48.7 Å². The summed E-state index contributed by atoms with van der Waals surface area (Å²) in [7, 11) is -3.83. The van der Waals surface area contributed by atoms with Crippen LogP contribution in [-0.4, -0.2) is 94.4 Å². The fraction of sp³-hybridized carbons (Fsp3) is 0.533. The molecular weight excluding hydrogens is 441 g/mol. The largest absolute Gasteiger partial charge is 0.481 e. The lowest BCUT2D eigenvalue weighted by atomic mass is 10.1. The van der Waals surface area contributed by atoms with E-state index in [1.807, 2.05) is 0 Å². The van der Waals surface area contributed by atoms with Crippen LogP contribution in [0.15, 0.2) is 12.7 Å². The first-order valence-electron chi connectivity index (χ1n) is 8.83. The molecule has 6 N–H and O–H groups in total. The van der Waals surface area contributed by atoms with Gasteiger partial charge in [0.2, 0.25) is 0 Å². The number of aliphatic hydroxyl groups is 2. The fourth-order valence-electron chi connectivity index (χ4n) is 2.99. The number of fused-ring (bicyclic) bond motifs is 1. The normalized spacial score (nSPS) is 26.5. The van der Waals surface area contributed by atoms with Crippen LogP contribution in [0.2, 0.25) is 0 Å². The molecule has 2 unspecified atom stereocenters. The molecular formula is C15H20N5O10P. The van der Waals surface area contributed by atoms with Crippen molar-refractivity contribution in [3.63, 3.8) is 0 Å². The Kier molecular flexibility index (Phi) is 6.54. The van der Waals surface area contributed by atoms with Gasteiger partial charge in [0.05, 0.1) is 19.4 Å². The Morgan fingerprint density at radius 1 is 1.29 bits per heavy atom. The Balaban J connectivity index is 1.86. The lowest BCUT2D eigenvalue weighted by molar-refractivity contribution is -0.144. The minimum Gasteiger partial charge on any atom is -0.481 e. The molecule has 0 aromatic carbocycles. The van der Waals surface area contributed by atoms with Crippen LogP contribution in [0.25, 0.3) is 11.2 Å². The van der Waals surface area contributed by atoms with Gasteiger partial charge in [-0.1, -0.05) is 0 Å². The maximum Gasteiger partial charge on any atom is 0.326 e. The molecule has 16 heteroatoms. The SMILES string of the molecule is CP(=O)(O)OCC1O[C@H](n2cnc3c(N[C@H](CC(=O)O)C(=O)O)ncnc32)[C@@H](O)[C@H]1O. The summed E-state index contributed by atoms with van der Waals surface area (Å²) in [6.45, 7) is 0.509. The van der Waals surface area contributed by atoms with Crippen molar-refractivity contribution in [2.45, 2.75) is 37.0 Å². The van der Waals surface area contributed by atoms with Gasteiger partial charge in [0.1, 0.15) is 30.7 Å². The Labute approximate surface area is 173 Å². The topological polar surface area (TPSA) is 226 Å². The average Bonchev–Trinajstić information content (AvgIpc) is 3.21. The number of aromatic nitrogens is 4. The summed E-state index contributed by atoms with van der Waals surface area (Å²) in [6.07, 6.45) is -3.67. The van der Waals surface area contributed by atoms with Gasteiger partial charge in [-0.05, 0) is 0 Å². The second kappa shape index (κ2) is 8.82. The van der Waals surface area contributed by atoms with Crippen molar-refractivity contribution in [3.8, 4) is 0 Å². The predicted octanol–water partition coefficient (Wildman–Crippen LogP) is -1.38. The summed E-state index contributed by atoms with van der Waals surface area (Å²) in [5.41, 5.74) is 0.163. The van der Waals surface area contributed by atoms with Crippen LogP contribution in [0.5, 0.6) is 0 Å². The molecule has 3 rings (SSSR count). The maximum atomic E-state index is 11.3. The van der Waals surface area contributed by atoms with E-state index < -0.39 is 63.1 Å². The third kappa shape index (κ3) is 5.15. The standard InChI is InChI=1S/C15H20N5O10P/c1-31(27,28)29-3-7-10(23)11(24)14(30-7)20-5-18-9-12(16-4-17-13(9)20)19-6(15(25)26)2-8(21)22/h4-7,10-11,14,23-24H,2-3H2,1H3,(H,21,22)(H,25,26)(H,27,28)(H,16,17,19)/t6-,7?,10+,11+,14+/m1/s1. The van der Waals surface area contributed by atoms with Gasteiger partial charge in [0.25, 0.3) is 0 Å². The number of hydrogen-bond donors (Lipinski definition) is 6. The van der Waals surface area contributed by atoms with Crippen LogP contribution < -0.4 is 5.32 Å². The smallest absolute Gasteiger partial charge is 0.326 e. The number of carboxylic acid groups (broad SMARTS) is 2. The fourth-order valence-corrected chi connectivity index (χ4v) is 3.42. The van der Waals surface area contributed by atoms with Crippen LogP contribution >= 0.6 is 7.60 Å². The number of aliphatic hydroxyl groups excluding tert-OH is 2. The summed E-state index contributed by atoms with van der Waals surface area (Å²) in [5, 5.41) is 41.1. The highest BCUT2D eigenvalue weighted by atomic mass is 31.2. The van der Waals surface area contributed by atoms with E-state index in [1.165, 1.54) is 10.9 Å². The first-order chi connectivity index (χ1) is 14.5. The highest BCUT2D eigenvalue weighted by molar-refractivity contribution is 7.51. The van der Waals surface area contributed by atoms with Crippen LogP contribution in [0.4, 0.5) is 5.82 Å². The minimum atomic E-state index is -3.83. The summed E-state index contributed by atoms with van der Waals surface area (Å²) < 4.78 is 22.9. The lowest BCUT2D eigenvalue weighted by Crippen LogP contribution is -2.33. The zero-order valence-corrected chi connectivity index (χ0v) is 16.9. The third-order valence-corrected chi connectivity index (χ3v) is 5.06. The summed E-state index contributed by atoms with van der Waals surface area (Å²) in [4.78, 5) is 43.4. The zero-order chi connectivity index (χ0) is 22.9. The van der Waals surface area contributed by atoms with E-state index in [0.717, 1.165) is 13.0 Å². The number of ether oxygens (including phenoxy) is 1. The van der Waals surface area contributed by atoms with Crippen molar-refractivity contribution in [2.24, 2.45) is 0 Å². The first-order valence-corrected chi connectivity index (χ1v) is 10.9. The molecule has 2 aromatic heterocycles. The Bertz CT molecular complexity index is 1020. The zero-order valence-electron chi connectivity index (χ0n) is 16.0. The molecule has 3 heterocycles.